The van der Waals surface area contributed by atoms with Gasteiger partial charge in [-0.05, 0) is 74.5 Å². The third kappa shape index (κ3) is 6.46. The van der Waals surface area contributed by atoms with Gasteiger partial charge in [-0.2, -0.15) is 0 Å². The van der Waals surface area contributed by atoms with E-state index in [4.69, 9.17) is 32.7 Å². The molecule has 0 atom stereocenters. The Morgan fingerprint density at radius 2 is 0.909 bits per heavy atom. The number of hydrogen-bond acceptors (Lipinski definition) is 8. The predicted octanol–water partition coefficient (Wildman–Crippen LogP) is 8.74. The maximum absolute atomic E-state index is 6.18. The van der Waals surface area contributed by atoms with Gasteiger partial charge < -0.3 is 19.3 Å². The summed E-state index contributed by atoms with van der Waals surface area (Å²) in [5.41, 5.74) is 4.29. The summed E-state index contributed by atoms with van der Waals surface area (Å²) in [6.07, 6.45) is 0. The van der Waals surface area contributed by atoms with Crippen LogP contribution in [0.1, 0.15) is 11.1 Å². The third-order valence-electron chi connectivity index (χ3n) is 7.30. The van der Waals surface area contributed by atoms with Crippen LogP contribution in [-0.2, 0) is 0 Å². The number of methoxy groups -OCH3 is 2. The first kappa shape index (κ1) is 30.8. The zero-order valence-electron chi connectivity index (χ0n) is 25.3. The number of hydrogen-bond donors (Lipinski definition) is 0. The van der Waals surface area contributed by atoms with E-state index in [9.17, 15) is 0 Å². The Hall–Kier alpha value is -4.66. The van der Waals surface area contributed by atoms with Crippen LogP contribution in [0.2, 0.25) is 10.3 Å². The molecule has 8 nitrogen and oxygen atoms in total. The zero-order chi connectivity index (χ0) is 31.4. The van der Waals surface area contributed by atoms with Crippen molar-refractivity contribution in [2.24, 2.45) is 0 Å². The molecule has 0 fully saturated rings. The Balaban J connectivity index is 0.000000175. The maximum Gasteiger partial charge on any atom is 0.163 e. The minimum atomic E-state index is 0.418. The summed E-state index contributed by atoms with van der Waals surface area (Å²) in [7, 11) is 7.22. The number of rotatable bonds is 6. The lowest BCUT2D eigenvalue weighted by Gasteiger charge is -2.20. The first-order valence-electron chi connectivity index (χ1n) is 13.8. The van der Waals surface area contributed by atoms with Crippen LogP contribution >= 0.6 is 23.2 Å². The van der Waals surface area contributed by atoms with E-state index < -0.39 is 0 Å². The second-order valence-electron chi connectivity index (χ2n) is 10.2. The Morgan fingerprint density at radius 3 is 1.39 bits per heavy atom. The van der Waals surface area contributed by atoms with E-state index in [0.29, 0.717) is 10.3 Å². The van der Waals surface area contributed by atoms with Crippen LogP contribution in [0.15, 0.2) is 84.9 Å². The quantitative estimate of drug-likeness (QED) is 0.182. The molecule has 10 heteroatoms. The first-order valence-corrected chi connectivity index (χ1v) is 14.6. The SMILES string of the molecule is COc1ccc(N(C)c2nnc(Cl)c3cc(C)ccc23)cc1.COc1ccc(N(C)c2nnc(Cl)c3ccc(C)cc23)cc1. The third-order valence-corrected chi connectivity index (χ3v) is 7.85. The van der Waals surface area contributed by atoms with Gasteiger partial charge in [-0.15, -0.1) is 20.4 Å². The van der Waals surface area contributed by atoms with Crippen molar-refractivity contribution in [3.8, 4) is 11.5 Å². The van der Waals surface area contributed by atoms with Crippen molar-refractivity contribution < 1.29 is 9.47 Å². The minimum Gasteiger partial charge on any atom is -0.497 e. The molecule has 0 unspecified atom stereocenters. The first-order chi connectivity index (χ1) is 21.2. The molecular formula is C34H32Cl2N6O2. The second kappa shape index (κ2) is 13.3. The fourth-order valence-corrected chi connectivity index (χ4v) is 5.19. The van der Waals surface area contributed by atoms with Gasteiger partial charge in [-0.3, -0.25) is 0 Å². The Morgan fingerprint density at radius 1 is 0.500 bits per heavy atom. The molecule has 6 rings (SSSR count). The van der Waals surface area contributed by atoms with Crippen molar-refractivity contribution in [2.45, 2.75) is 13.8 Å². The highest BCUT2D eigenvalue weighted by Gasteiger charge is 2.15. The van der Waals surface area contributed by atoms with E-state index in [-0.39, 0.29) is 0 Å². The number of nitrogens with zero attached hydrogens (tertiary/aromatic N) is 6. The number of anilines is 4. The van der Waals surface area contributed by atoms with Crippen molar-refractivity contribution >= 4 is 67.8 Å². The lowest BCUT2D eigenvalue weighted by atomic mass is 10.1. The van der Waals surface area contributed by atoms with Gasteiger partial charge in [0, 0.05) is 47.0 Å². The Kier molecular flexibility index (Phi) is 9.32. The molecule has 44 heavy (non-hydrogen) atoms. The van der Waals surface area contributed by atoms with Crippen LogP contribution < -0.4 is 19.3 Å². The average Bonchev–Trinajstić information content (AvgIpc) is 3.05. The summed E-state index contributed by atoms with van der Waals surface area (Å²) in [5.74, 6) is 3.18. The standard InChI is InChI=1S/2C17H16ClN3O/c1-11-4-9-14-15(10-11)16(18)19-20-17(14)21(2)12-5-7-13(22-3)8-6-12;1-11-4-9-14-15(10-11)17(20-19-16(14)18)21(2)12-5-7-13(22-3)8-6-12/h2*4-10H,1-3H3. The minimum absolute atomic E-state index is 0.418. The number of fused-ring (bicyclic) bond motifs is 2. The van der Waals surface area contributed by atoms with Gasteiger partial charge in [0.2, 0.25) is 0 Å². The summed E-state index contributed by atoms with van der Waals surface area (Å²) < 4.78 is 10.4. The fourth-order valence-electron chi connectivity index (χ4n) is 4.80. The van der Waals surface area contributed by atoms with Crippen molar-refractivity contribution in [3.05, 3.63) is 106 Å². The Bertz CT molecular complexity index is 1920. The molecule has 0 amide bonds. The van der Waals surface area contributed by atoms with Gasteiger partial charge in [0.05, 0.1) is 14.2 Å². The molecule has 6 aromatic rings. The number of aryl methyl sites for hydroxylation is 2. The molecule has 2 aromatic heterocycles. The van der Waals surface area contributed by atoms with Crippen molar-refractivity contribution in [2.75, 3.05) is 38.1 Å². The van der Waals surface area contributed by atoms with E-state index in [0.717, 1.165) is 67.2 Å². The molecule has 0 bridgehead atoms. The number of benzene rings is 4. The second-order valence-corrected chi connectivity index (χ2v) is 11.0. The van der Waals surface area contributed by atoms with Crippen LogP contribution in [-0.4, -0.2) is 48.7 Å². The van der Waals surface area contributed by atoms with Crippen LogP contribution in [0.25, 0.3) is 21.5 Å². The van der Waals surface area contributed by atoms with Crippen LogP contribution in [0.5, 0.6) is 11.5 Å². The molecule has 0 aliphatic carbocycles. The zero-order valence-corrected chi connectivity index (χ0v) is 26.9. The number of aromatic nitrogens is 4. The van der Waals surface area contributed by atoms with Crippen molar-refractivity contribution in [1.29, 1.82) is 0 Å². The molecule has 2 heterocycles. The van der Waals surface area contributed by atoms with E-state index in [1.165, 1.54) is 0 Å². The molecule has 0 aliphatic rings. The molecule has 0 aliphatic heterocycles. The van der Waals surface area contributed by atoms with Crippen molar-refractivity contribution in [3.63, 3.8) is 0 Å². The molecule has 0 radical (unpaired) electrons. The van der Waals surface area contributed by atoms with E-state index in [1.54, 1.807) is 14.2 Å². The average molecular weight is 628 g/mol. The molecule has 224 valence electrons. The van der Waals surface area contributed by atoms with Gasteiger partial charge in [0.25, 0.3) is 0 Å². The van der Waals surface area contributed by atoms with Gasteiger partial charge in [-0.25, -0.2) is 0 Å². The van der Waals surface area contributed by atoms with Crippen LogP contribution in [0.3, 0.4) is 0 Å². The summed E-state index contributed by atoms with van der Waals surface area (Å²) in [5, 5.41) is 21.3. The molecule has 0 spiro atoms. The highest BCUT2D eigenvalue weighted by molar-refractivity contribution is 6.35. The highest BCUT2D eigenvalue weighted by atomic mass is 35.5. The lowest BCUT2D eigenvalue weighted by molar-refractivity contribution is 0.414. The van der Waals surface area contributed by atoms with E-state index in [2.05, 4.69) is 26.5 Å². The summed E-state index contributed by atoms with van der Waals surface area (Å²) in [4.78, 5) is 3.98. The maximum atomic E-state index is 6.18. The summed E-state index contributed by atoms with van der Waals surface area (Å²) >= 11 is 12.3. The normalized spacial score (nSPS) is 10.7. The largest absolute Gasteiger partial charge is 0.497 e. The number of halogens is 2. The Labute approximate surface area is 266 Å². The smallest absolute Gasteiger partial charge is 0.163 e. The summed E-state index contributed by atoms with van der Waals surface area (Å²) in [6, 6.07) is 27.8. The van der Waals surface area contributed by atoms with Gasteiger partial charge in [0.15, 0.2) is 21.9 Å². The topological polar surface area (TPSA) is 76.5 Å². The van der Waals surface area contributed by atoms with Crippen LogP contribution in [0.4, 0.5) is 23.0 Å². The molecule has 0 saturated carbocycles. The fraction of sp³-hybridized carbons (Fsp3) is 0.176. The predicted molar refractivity (Wildman–Crippen MR) is 181 cm³/mol. The van der Waals surface area contributed by atoms with E-state index in [1.807, 2.05) is 117 Å². The molecule has 4 aromatic carbocycles. The summed E-state index contributed by atoms with van der Waals surface area (Å²) in [6.45, 7) is 4.08. The van der Waals surface area contributed by atoms with Gasteiger partial charge in [0.1, 0.15) is 11.5 Å². The van der Waals surface area contributed by atoms with Gasteiger partial charge in [-0.1, -0.05) is 58.6 Å². The molecule has 0 saturated heterocycles. The molecule has 0 N–H and O–H groups in total. The highest BCUT2D eigenvalue weighted by Crippen LogP contribution is 2.34. The van der Waals surface area contributed by atoms with Crippen molar-refractivity contribution in [1.82, 2.24) is 20.4 Å². The lowest BCUT2D eigenvalue weighted by Crippen LogP contribution is -2.12. The van der Waals surface area contributed by atoms with E-state index >= 15 is 0 Å². The number of ether oxygens (including phenoxy) is 2. The molecular weight excluding hydrogens is 595 g/mol. The van der Waals surface area contributed by atoms with Crippen LogP contribution in [0, 0.1) is 13.8 Å². The van der Waals surface area contributed by atoms with Gasteiger partial charge >= 0.3 is 0 Å². The monoisotopic (exact) mass is 626 g/mol.